The highest BCUT2D eigenvalue weighted by Crippen LogP contribution is 2.30. The van der Waals surface area contributed by atoms with Crippen LogP contribution in [0.3, 0.4) is 0 Å². The van der Waals surface area contributed by atoms with Crippen molar-refractivity contribution >= 4 is 11.6 Å². The molecular weight excluding hydrogens is 356 g/mol. The topological polar surface area (TPSA) is 69.7 Å². The first kappa shape index (κ1) is 19.2. The number of amides is 1. The first-order chi connectivity index (χ1) is 13.5. The molecule has 0 aliphatic heterocycles. The van der Waals surface area contributed by atoms with Gasteiger partial charge in [-0.05, 0) is 61.9 Å². The number of ether oxygens (including phenoxy) is 3. The van der Waals surface area contributed by atoms with Gasteiger partial charge in [0.2, 0.25) is 0 Å². The van der Waals surface area contributed by atoms with Crippen LogP contribution in [-0.2, 0) is 0 Å². The fourth-order valence-electron chi connectivity index (χ4n) is 2.80. The molecule has 3 aromatic rings. The van der Waals surface area contributed by atoms with E-state index in [1.54, 1.807) is 44.8 Å². The van der Waals surface area contributed by atoms with Crippen LogP contribution in [0.2, 0.25) is 0 Å². The van der Waals surface area contributed by atoms with Gasteiger partial charge in [0, 0.05) is 23.0 Å². The lowest BCUT2D eigenvalue weighted by molar-refractivity contribution is 0.102. The lowest BCUT2D eigenvalue weighted by Gasteiger charge is -2.14. The molecule has 1 amide bonds. The Hall–Kier alpha value is -3.54. The summed E-state index contributed by atoms with van der Waals surface area (Å²) < 4.78 is 16.5. The van der Waals surface area contributed by atoms with Crippen LogP contribution >= 0.6 is 0 Å². The standard InChI is InChI=1S/C22H22N2O4/c1-14-10-17(7-8-19(14)28-18-6-5-9-23-13-18)24-22(25)16-11-20(26-3)15(2)21(12-16)27-4/h5-13H,1-4H3,(H,24,25). The van der Waals surface area contributed by atoms with Gasteiger partial charge in [-0.2, -0.15) is 0 Å². The molecule has 0 atom stereocenters. The van der Waals surface area contributed by atoms with Gasteiger partial charge < -0.3 is 19.5 Å². The molecule has 0 unspecified atom stereocenters. The number of anilines is 1. The second-order valence-corrected chi connectivity index (χ2v) is 6.23. The zero-order valence-corrected chi connectivity index (χ0v) is 16.3. The number of hydrogen-bond donors (Lipinski definition) is 1. The quantitative estimate of drug-likeness (QED) is 0.670. The summed E-state index contributed by atoms with van der Waals surface area (Å²) >= 11 is 0. The van der Waals surface area contributed by atoms with Crippen LogP contribution in [0.15, 0.2) is 54.9 Å². The van der Waals surface area contributed by atoms with Gasteiger partial charge in [-0.3, -0.25) is 9.78 Å². The van der Waals surface area contributed by atoms with Gasteiger partial charge in [0.05, 0.1) is 20.4 Å². The molecule has 0 radical (unpaired) electrons. The molecule has 1 heterocycles. The smallest absolute Gasteiger partial charge is 0.255 e. The van der Waals surface area contributed by atoms with Gasteiger partial charge in [0.1, 0.15) is 23.0 Å². The molecule has 1 N–H and O–H groups in total. The molecule has 28 heavy (non-hydrogen) atoms. The number of benzene rings is 2. The summed E-state index contributed by atoms with van der Waals surface area (Å²) in [5, 5.41) is 2.89. The summed E-state index contributed by atoms with van der Waals surface area (Å²) in [6, 6.07) is 12.5. The molecule has 144 valence electrons. The van der Waals surface area contributed by atoms with E-state index in [2.05, 4.69) is 10.3 Å². The molecule has 0 fully saturated rings. The molecule has 6 nitrogen and oxygen atoms in total. The van der Waals surface area contributed by atoms with Crippen LogP contribution in [0.1, 0.15) is 21.5 Å². The van der Waals surface area contributed by atoms with E-state index in [0.717, 1.165) is 11.1 Å². The Morgan fingerprint density at radius 1 is 0.964 bits per heavy atom. The SMILES string of the molecule is COc1cc(C(=O)Nc2ccc(Oc3cccnc3)c(C)c2)cc(OC)c1C. The second kappa shape index (κ2) is 8.43. The van der Waals surface area contributed by atoms with Crippen molar-refractivity contribution in [3.8, 4) is 23.0 Å². The largest absolute Gasteiger partial charge is 0.496 e. The van der Waals surface area contributed by atoms with E-state index in [-0.39, 0.29) is 5.91 Å². The summed E-state index contributed by atoms with van der Waals surface area (Å²) in [7, 11) is 3.13. The second-order valence-electron chi connectivity index (χ2n) is 6.23. The predicted molar refractivity (Wildman–Crippen MR) is 108 cm³/mol. The van der Waals surface area contributed by atoms with Crippen molar-refractivity contribution in [1.29, 1.82) is 0 Å². The molecule has 0 bridgehead atoms. The molecule has 0 saturated carbocycles. The summed E-state index contributed by atoms with van der Waals surface area (Å²) in [6.45, 7) is 3.79. The summed E-state index contributed by atoms with van der Waals surface area (Å²) in [5.74, 6) is 2.30. The minimum Gasteiger partial charge on any atom is -0.496 e. The Morgan fingerprint density at radius 2 is 1.68 bits per heavy atom. The fraction of sp³-hybridized carbons (Fsp3) is 0.182. The van der Waals surface area contributed by atoms with E-state index in [0.29, 0.717) is 34.2 Å². The number of methoxy groups -OCH3 is 2. The van der Waals surface area contributed by atoms with Crippen molar-refractivity contribution in [2.24, 2.45) is 0 Å². The lowest BCUT2D eigenvalue weighted by atomic mass is 10.1. The monoisotopic (exact) mass is 378 g/mol. The van der Waals surface area contributed by atoms with Gasteiger partial charge in [0.15, 0.2) is 0 Å². The minimum atomic E-state index is -0.253. The van der Waals surface area contributed by atoms with Gasteiger partial charge >= 0.3 is 0 Å². The van der Waals surface area contributed by atoms with Crippen molar-refractivity contribution in [2.45, 2.75) is 13.8 Å². The highest BCUT2D eigenvalue weighted by atomic mass is 16.5. The molecule has 0 saturated heterocycles. The van der Waals surface area contributed by atoms with Gasteiger partial charge in [0.25, 0.3) is 5.91 Å². The molecule has 6 heteroatoms. The van der Waals surface area contributed by atoms with Crippen molar-refractivity contribution in [3.05, 3.63) is 71.5 Å². The van der Waals surface area contributed by atoms with E-state index in [4.69, 9.17) is 14.2 Å². The predicted octanol–water partition coefficient (Wildman–Crippen LogP) is 4.76. The number of pyridine rings is 1. The molecule has 1 aromatic heterocycles. The highest BCUT2D eigenvalue weighted by Gasteiger charge is 2.14. The van der Waals surface area contributed by atoms with Crippen LogP contribution in [0.5, 0.6) is 23.0 Å². The van der Waals surface area contributed by atoms with Gasteiger partial charge in [-0.1, -0.05) is 0 Å². The average Bonchev–Trinajstić information content (AvgIpc) is 2.71. The first-order valence-electron chi connectivity index (χ1n) is 8.74. The molecule has 3 rings (SSSR count). The zero-order valence-electron chi connectivity index (χ0n) is 16.3. The van der Waals surface area contributed by atoms with Crippen molar-refractivity contribution < 1.29 is 19.0 Å². The van der Waals surface area contributed by atoms with E-state index in [9.17, 15) is 4.79 Å². The maximum absolute atomic E-state index is 12.7. The Balaban J connectivity index is 1.78. The first-order valence-corrected chi connectivity index (χ1v) is 8.74. The average molecular weight is 378 g/mol. The number of carbonyl (C=O) groups is 1. The number of aromatic nitrogens is 1. The molecule has 2 aromatic carbocycles. The van der Waals surface area contributed by atoms with Crippen LogP contribution in [0.25, 0.3) is 0 Å². The molecule has 0 spiro atoms. The number of carbonyl (C=O) groups excluding carboxylic acids is 1. The highest BCUT2D eigenvalue weighted by molar-refractivity contribution is 6.05. The van der Waals surface area contributed by atoms with Gasteiger partial charge in [-0.25, -0.2) is 0 Å². The van der Waals surface area contributed by atoms with Crippen LogP contribution < -0.4 is 19.5 Å². The van der Waals surface area contributed by atoms with Crippen LogP contribution in [0, 0.1) is 13.8 Å². The third kappa shape index (κ3) is 4.23. The summed E-state index contributed by atoms with van der Waals surface area (Å²) in [6.07, 6.45) is 3.33. The molecule has 0 aliphatic carbocycles. The van der Waals surface area contributed by atoms with Gasteiger partial charge in [-0.15, -0.1) is 0 Å². The van der Waals surface area contributed by atoms with Crippen molar-refractivity contribution in [2.75, 3.05) is 19.5 Å². The third-order valence-electron chi connectivity index (χ3n) is 4.31. The van der Waals surface area contributed by atoms with E-state index in [1.807, 2.05) is 38.1 Å². The van der Waals surface area contributed by atoms with Crippen molar-refractivity contribution in [3.63, 3.8) is 0 Å². The Morgan fingerprint density at radius 3 is 2.25 bits per heavy atom. The van der Waals surface area contributed by atoms with E-state index in [1.165, 1.54) is 0 Å². The number of aryl methyl sites for hydroxylation is 1. The lowest BCUT2D eigenvalue weighted by Crippen LogP contribution is -2.12. The summed E-state index contributed by atoms with van der Waals surface area (Å²) in [5.41, 5.74) is 2.85. The number of hydrogen-bond acceptors (Lipinski definition) is 5. The zero-order chi connectivity index (χ0) is 20.1. The fourth-order valence-corrected chi connectivity index (χ4v) is 2.80. The maximum Gasteiger partial charge on any atom is 0.255 e. The number of nitrogens with zero attached hydrogens (tertiary/aromatic N) is 1. The number of rotatable bonds is 6. The summed E-state index contributed by atoms with van der Waals surface area (Å²) in [4.78, 5) is 16.7. The van der Waals surface area contributed by atoms with Crippen molar-refractivity contribution in [1.82, 2.24) is 4.98 Å². The Kier molecular flexibility index (Phi) is 5.79. The maximum atomic E-state index is 12.7. The molecule has 0 aliphatic rings. The Bertz CT molecular complexity index is 962. The van der Waals surface area contributed by atoms with Crippen LogP contribution in [0.4, 0.5) is 5.69 Å². The number of nitrogens with one attached hydrogen (secondary N) is 1. The minimum absolute atomic E-state index is 0.253. The van der Waals surface area contributed by atoms with E-state index < -0.39 is 0 Å². The van der Waals surface area contributed by atoms with Crippen LogP contribution in [-0.4, -0.2) is 25.1 Å². The normalized spacial score (nSPS) is 10.3. The van der Waals surface area contributed by atoms with E-state index >= 15 is 0 Å². The Labute approximate surface area is 164 Å². The third-order valence-corrected chi connectivity index (χ3v) is 4.31. The molecular formula is C22H22N2O4.